The average Bonchev–Trinajstić information content (AvgIpc) is 2.61. The van der Waals surface area contributed by atoms with Crippen molar-refractivity contribution in [1.82, 2.24) is 10.2 Å². The number of amides is 2. The van der Waals surface area contributed by atoms with E-state index in [1.807, 2.05) is 0 Å². The molecule has 0 aromatic heterocycles. The summed E-state index contributed by atoms with van der Waals surface area (Å²) in [5.74, 6) is -3.32. The topological polar surface area (TPSA) is 102 Å². The minimum atomic E-state index is -1.26. The Morgan fingerprint density at radius 2 is 1.97 bits per heavy atom. The van der Waals surface area contributed by atoms with E-state index >= 15 is 0 Å². The maximum absolute atomic E-state index is 13.7. The minimum Gasteiger partial charge on any atom is -0.444 e. The normalized spacial score (nSPS) is 22.1. The van der Waals surface area contributed by atoms with Gasteiger partial charge >= 0.3 is 6.09 Å². The molecule has 0 spiro atoms. The highest BCUT2D eigenvalue weighted by Gasteiger charge is 2.46. The highest BCUT2D eigenvalue weighted by atomic mass is 19.2. The summed E-state index contributed by atoms with van der Waals surface area (Å²) < 4.78 is 32.4. The van der Waals surface area contributed by atoms with Crippen LogP contribution < -0.4 is 5.32 Å². The molecule has 1 aliphatic rings. The molecule has 2 amide bonds. The molecule has 8 nitrogen and oxygen atoms in total. The van der Waals surface area contributed by atoms with Gasteiger partial charge in [-0.3, -0.25) is 19.8 Å². The van der Waals surface area contributed by atoms with Crippen LogP contribution in [0, 0.1) is 21.7 Å². The number of hydrogen-bond donors (Lipinski definition) is 1. The highest BCUT2D eigenvalue weighted by Crippen LogP contribution is 2.36. The molecule has 1 aromatic rings. The van der Waals surface area contributed by atoms with Crippen LogP contribution in [0.25, 0.3) is 0 Å². The third-order valence-corrected chi connectivity index (χ3v) is 4.79. The summed E-state index contributed by atoms with van der Waals surface area (Å²) in [6.45, 7) is 4.68. The standard InChI is InChI=1S/C19H25F2N3O5/c1-19(2,3)29-18(26)23-10-16(24(27)28)13(8-12(23)9-17(25)22-4)11-5-6-14(20)15(21)7-11/h5-7,12-13,16H,8-10H2,1-4H3,(H,22,25)/t12?,13-,16+/m0/s1. The second kappa shape index (κ2) is 8.71. The van der Waals surface area contributed by atoms with Crippen LogP contribution in [0.15, 0.2) is 18.2 Å². The van der Waals surface area contributed by atoms with E-state index < -0.39 is 46.3 Å². The number of hydrogen-bond acceptors (Lipinski definition) is 5. The third-order valence-electron chi connectivity index (χ3n) is 4.79. The number of nitro groups is 1. The lowest BCUT2D eigenvalue weighted by atomic mass is 9.81. The SMILES string of the molecule is CNC(=O)CC1C[C@@H](c2ccc(F)c(F)c2)[C@H]([N+](=O)[O-])CN1C(=O)OC(C)(C)C. The molecule has 2 rings (SSSR count). The number of rotatable bonds is 4. The molecule has 1 aliphatic heterocycles. The molecular formula is C19H25F2N3O5. The number of benzene rings is 1. The highest BCUT2D eigenvalue weighted by molar-refractivity contribution is 5.77. The van der Waals surface area contributed by atoms with Gasteiger partial charge in [-0.2, -0.15) is 0 Å². The summed E-state index contributed by atoms with van der Waals surface area (Å²) >= 11 is 0. The van der Waals surface area contributed by atoms with Gasteiger partial charge in [-0.15, -0.1) is 0 Å². The number of ether oxygens (including phenoxy) is 1. The number of nitrogens with zero attached hydrogens (tertiary/aromatic N) is 2. The smallest absolute Gasteiger partial charge is 0.410 e. The molecular weight excluding hydrogens is 388 g/mol. The molecule has 1 saturated heterocycles. The number of piperidine rings is 1. The Kier molecular flexibility index (Phi) is 6.76. The predicted molar refractivity (Wildman–Crippen MR) is 99.9 cm³/mol. The lowest BCUT2D eigenvalue weighted by Gasteiger charge is -2.40. The van der Waals surface area contributed by atoms with Gasteiger partial charge in [0.1, 0.15) is 5.60 Å². The Labute approximate surface area is 167 Å². The Hall–Kier alpha value is -2.78. The van der Waals surface area contributed by atoms with Crippen LogP contribution in [0.4, 0.5) is 13.6 Å². The fourth-order valence-electron chi connectivity index (χ4n) is 3.42. The van der Waals surface area contributed by atoms with Crippen LogP contribution >= 0.6 is 0 Å². The third kappa shape index (κ3) is 5.61. The van der Waals surface area contributed by atoms with E-state index in [0.717, 1.165) is 12.1 Å². The number of carbonyl (C=O) groups excluding carboxylic acids is 2. The first-order valence-corrected chi connectivity index (χ1v) is 9.21. The summed E-state index contributed by atoms with van der Waals surface area (Å²) in [7, 11) is 1.44. The molecule has 0 radical (unpaired) electrons. The quantitative estimate of drug-likeness (QED) is 0.604. The zero-order valence-electron chi connectivity index (χ0n) is 16.8. The van der Waals surface area contributed by atoms with E-state index in [0.29, 0.717) is 0 Å². The van der Waals surface area contributed by atoms with Crippen molar-refractivity contribution in [2.24, 2.45) is 0 Å². The van der Waals surface area contributed by atoms with E-state index in [9.17, 15) is 28.5 Å². The molecule has 0 aliphatic carbocycles. The largest absolute Gasteiger partial charge is 0.444 e. The zero-order valence-corrected chi connectivity index (χ0v) is 16.8. The maximum atomic E-state index is 13.7. The van der Waals surface area contributed by atoms with Crippen molar-refractivity contribution in [3.8, 4) is 0 Å². The van der Waals surface area contributed by atoms with Crippen molar-refractivity contribution in [1.29, 1.82) is 0 Å². The van der Waals surface area contributed by atoms with Gasteiger partial charge in [-0.25, -0.2) is 13.6 Å². The number of likely N-dealkylation sites (tertiary alicyclic amines) is 1. The second-order valence-corrected chi connectivity index (χ2v) is 8.03. The monoisotopic (exact) mass is 413 g/mol. The van der Waals surface area contributed by atoms with Crippen molar-refractivity contribution in [3.05, 3.63) is 45.5 Å². The first kappa shape index (κ1) is 22.5. The first-order valence-electron chi connectivity index (χ1n) is 9.21. The van der Waals surface area contributed by atoms with Gasteiger partial charge in [0.05, 0.1) is 12.5 Å². The lowest BCUT2D eigenvalue weighted by Crippen LogP contribution is -2.55. The van der Waals surface area contributed by atoms with Crippen molar-refractivity contribution in [2.75, 3.05) is 13.6 Å². The summed E-state index contributed by atoms with van der Waals surface area (Å²) in [6.07, 6.45) is -0.828. The predicted octanol–water partition coefficient (Wildman–Crippen LogP) is 2.84. The first-order chi connectivity index (χ1) is 13.4. The molecule has 3 atom stereocenters. The van der Waals surface area contributed by atoms with Gasteiger partial charge < -0.3 is 10.1 Å². The summed E-state index contributed by atoms with van der Waals surface area (Å²) in [4.78, 5) is 37.0. The van der Waals surface area contributed by atoms with E-state index in [1.54, 1.807) is 20.8 Å². The molecule has 1 unspecified atom stereocenters. The van der Waals surface area contributed by atoms with E-state index in [2.05, 4.69) is 5.32 Å². The van der Waals surface area contributed by atoms with Crippen molar-refractivity contribution in [2.45, 2.75) is 57.2 Å². The summed E-state index contributed by atoms with van der Waals surface area (Å²) in [5, 5.41) is 14.2. The average molecular weight is 413 g/mol. The van der Waals surface area contributed by atoms with E-state index in [-0.39, 0.29) is 30.9 Å². The Balaban J connectivity index is 2.40. The Morgan fingerprint density at radius 3 is 2.48 bits per heavy atom. The zero-order chi connectivity index (χ0) is 21.9. The molecule has 1 N–H and O–H groups in total. The van der Waals surface area contributed by atoms with Gasteiger partial charge in [0.15, 0.2) is 11.6 Å². The molecule has 1 fully saturated rings. The van der Waals surface area contributed by atoms with Gasteiger partial charge in [-0.05, 0) is 44.9 Å². The number of halogens is 2. The van der Waals surface area contributed by atoms with Gasteiger partial charge in [-0.1, -0.05) is 6.07 Å². The second-order valence-electron chi connectivity index (χ2n) is 8.03. The van der Waals surface area contributed by atoms with Gasteiger partial charge in [0.25, 0.3) is 0 Å². The maximum Gasteiger partial charge on any atom is 0.410 e. The Bertz CT molecular complexity index is 797. The molecule has 160 valence electrons. The molecule has 1 aromatic carbocycles. The fraction of sp³-hybridized carbons (Fsp3) is 0.579. The van der Waals surface area contributed by atoms with Crippen LogP contribution in [0.3, 0.4) is 0 Å². The molecule has 0 saturated carbocycles. The summed E-state index contributed by atoms with van der Waals surface area (Å²) in [6, 6.07) is 1.18. The van der Waals surface area contributed by atoms with E-state index in [1.165, 1.54) is 18.0 Å². The van der Waals surface area contributed by atoms with Gasteiger partial charge in [0.2, 0.25) is 11.9 Å². The van der Waals surface area contributed by atoms with Crippen molar-refractivity contribution < 1.29 is 28.0 Å². The summed E-state index contributed by atoms with van der Waals surface area (Å²) in [5.41, 5.74) is -0.577. The molecule has 10 heteroatoms. The molecule has 29 heavy (non-hydrogen) atoms. The van der Waals surface area contributed by atoms with E-state index in [4.69, 9.17) is 4.74 Å². The molecule has 0 bridgehead atoms. The number of nitrogens with one attached hydrogen (secondary N) is 1. The van der Waals surface area contributed by atoms with Crippen LogP contribution in [0.5, 0.6) is 0 Å². The van der Waals surface area contributed by atoms with Crippen LogP contribution in [-0.4, -0.2) is 53.1 Å². The van der Waals surface area contributed by atoms with Crippen LogP contribution in [-0.2, 0) is 9.53 Å². The minimum absolute atomic E-state index is 0.0311. The lowest BCUT2D eigenvalue weighted by molar-refractivity contribution is -0.530. The van der Waals surface area contributed by atoms with Crippen molar-refractivity contribution in [3.63, 3.8) is 0 Å². The van der Waals surface area contributed by atoms with Crippen LogP contribution in [0.1, 0.15) is 45.1 Å². The fourth-order valence-corrected chi connectivity index (χ4v) is 3.42. The molecule has 1 heterocycles. The van der Waals surface area contributed by atoms with Gasteiger partial charge in [0, 0.05) is 24.4 Å². The Morgan fingerprint density at radius 1 is 1.31 bits per heavy atom. The van der Waals surface area contributed by atoms with Crippen LogP contribution in [0.2, 0.25) is 0 Å². The van der Waals surface area contributed by atoms with Crippen molar-refractivity contribution >= 4 is 12.0 Å². The number of carbonyl (C=O) groups is 2.